The van der Waals surface area contributed by atoms with Crippen LogP contribution in [0.4, 0.5) is 22.0 Å². The number of aromatic nitrogens is 1. The highest BCUT2D eigenvalue weighted by Crippen LogP contribution is 2.31. The maximum Gasteiger partial charge on any atom is 0.574 e. The monoisotopic (exact) mass is 436 g/mol. The van der Waals surface area contributed by atoms with Crippen molar-refractivity contribution in [2.45, 2.75) is 18.4 Å². The number of carbonyl (C=O) groups excluding carboxylic acids is 1. The van der Waals surface area contributed by atoms with Crippen molar-refractivity contribution in [2.75, 3.05) is 13.2 Å². The molecular weight excluding hydrogens is 423 g/mol. The summed E-state index contributed by atoms with van der Waals surface area (Å²) in [5, 5.41) is 7.59. The number of rotatable bonds is 5. The summed E-state index contributed by atoms with van der Waals surface area (Å²) < 4.78 is 68.8. The van der Waals surface area contributed by atoms with Gasteiger partial charge < -0.3 is 15.4 Å². The normalized spacial score (nSPS) is 17.8. The molecule has 1 aliphatic heterocycles. The third-order valence-corrected chi connectivity index (χ3v) is 4.46. The van der Waals surface area contributed by atoms with Gasteiger partial charge in [0.1, 0.15) is 22.7 Å². The average molecular weight is 437 g/mol. The molecule has 2 atom stereocenters. The van der Waals surface area contributed by atoms with Gasteiger partial charge >= 0.3 is 6.36 Å². The first-order valence-corrected chi connectivity index (χ1v) is 8.63. The van der Waals surface area contributed by atoms with Crippen LogP contribution < -0.4 is 20.7 Å². The van der Waals surface area contributed by atoms with Crippen LogP contribution in [-0.2, 0) is 4.79 Å². The first-order chi connectivity index (χ1) is 13.7. The van der Waals surface area contributed by atoms with Crippen LogP contribution in [0.1, 0.15) is 17.2 Å². The van der Waals surface area contributed by atoms with Crippen molar-refractivity contribution >= 4 is 17.5 Å². The molecule has 3 N–H and O–H groups in total. The number of nitrogens with one attached hydrogen (secondary N) is 3. The van der Waals surface area contributed by atoms with E-state index in [1.54, 1.807) is 0 Å². The minimum Gasteiger partial charge on any atom is -0.388 e. The van der Waals surface area contributed by atoms with E-state index in [-0.39, 0.29) is 11.1 Å². The summed E-state index contributed by atoms with van der Waals surface area (Å²) in [7, 11) is 0. The summed E-state index contributed by atoms with van der Waals surface area (Å²) in [6.07, 6.45) is -3.94. The molecule has 12 heteroatoms. The molecule has 156 valence electrons. The van der Waals surface area contributed by atoms with Crippen molar-refractivity contribution in [3.8, 4) is 5.88 Å². The van der Waals surface area contributed by atoms with Crippen LogP contribution in [0.2, 0.25) is 5.02 Å². The Bertz CT molecular complexity index is 889. The van der Waals surface area contributed by atoms with Crippen molar-refractivity contribution in [2.24, 2.45) is 0 Å². The van der Waals surface area contributed by atoms with Gasteiger partial charge in [0, 0.05) is 31.0 Å². The Labute approximate surface area is 166 Å². The Morgan fingerprint density at radius 1 is 1.28 bits per heavy atom. The van der Waals surface area contributed by atoms with Crippen LogP contribution in [0, 0.1) is 11.6 Å². The summed E-state index contributed by atoms with van der Waals surface area (Å²) in [5.74, 6) is -3.34. The molecule has 1 unspecified atom stereocenters. The van der Waals surface area contributed by atoms with E-state index < -0.39 is 46.9 Å². The predicted molar refractivity (Wildman–Crippen MR) is 92.1 cm³/mol. The Balaban J connectivity index is 1.94. The predicted octanol–water partition coefficient (Wildman–Crippen LogP) is 2.64. The topological polar surface area (TPSA) is 75.3 Å². The zero-order valence-electron chi connectivity index (χ0n) is 14.5. The molecule has 1 aromatic carbocycles. The lowest BCUT2D eigenvalue weighted by atomic mass is 9.99. The third-order valence-electron chi connectivity index (χ3n) is 4.11. The largest absolute Gasteiger partial charge is 0.574 e. The molecule has 1 aliphatic rings. The molecule has 0 radical (unpaired) electrons. The third kappa shape index (κ3) is 5.11. The zero-order chi connectivity index (χ0) is 21.2. The summed E-state index contributed by atoms with van der Waals surface area (Å²) in [4.78, 5) is 16.0. The molecule has 1 amide bonds. The zero-order valence-corrected chi connectivity index (χ0v) is 15.2. The highest BCUT2D eigenvalue weighted by Gasteiger charge is 2.32. The van der Waals surface area contributed by atoms with Gasteiger partial charge in [-0.15, -0.1) is 13.2 Å². The highest BCUT2D eigenvalue weighted by molar-refractivity contribution is 6.31. The molecule has 0 bridgehead atoms. The molecule has 1 saturated heterocycles. The molecule has 2 heterocycles. The summed E-state index contributed by atoms with van der Waals surface area (Å²) in [6, 6.07) is 2.30. The molecule has 2 aromatic rings. The maximum absolute atomic E-state index is 14.6. The second-order valence-electron chi connectivity index (χ2n) is 6.07. The summed E-state index contributed by atoms with van der Waals surface area (Å²) in [6.45, 7) is 0.715. The van der Waals surface area contributed by atoms with Crippen molar-refractivity contribution in [1.82, 2.24) is 20.9 Å². The molecule has 29 heavy (non-hydrogen) atoms. The van der Waals surface area contributed by atoms with Gasteiger partial charge in [0.15, 0.2) is 0 Å². The molecule has 0 aliphatic carbocycles. The number of hydrogen-bond donors (Lipinski definition) is 3. The average Bonchev–Trinajstić information content (AvgIpc) is 3.19. The second-order valence-corrected chi connectivity index (χ2v) is 6.45. The van der Waals surface area contributed by atoms with E-state index in [0.717, 1.165) is 24.4 Å². The Hall–Kier alpha value is -2.50. The molecule has 3 rings (SSSR count). The van der Waals surface area contributed by atoms with Gasteiger partial charge in [-0.05, 0) is 17.7 Å². The highest BCUT2D eigenvalue weighted by atomic mass is 35.5. The smallest absolute Gasteiger partial charge is 0.388 e. The molecular formula is C17H14ClF5N4O2. The number of amides is 1. The van der Waals surface area contributed by atoms with Gasteiger partial charge in [-0.25, -0.2) is 13.8 Å². The van der Waals surface area contributed by atoms with Crippen LogP contribution in [-0.4, -0.2) is 36.5 Å². The van der Waals surface area contributed by atoms with Crippen molar-refractivity contribution in [3.63, 3.8) is 0 Å². The van der Waals surface area contributed by atoms with Crippen LogP contribution in [0.3, 0.4) is 0 Å². The number of halogens is 6. The van der Waals surface area contributed by atoms with E-state index in [1.807, 2.05) is 0 Å². The van der Waals surface area contributed by atoms with E-state index >= 15 is 0 Å². The van der Waals surface area contributed by atoms with Crippen molar-refractivity contribution < 1.29 is 31.5 Å². The van der Waals surface area contributed by atoms with Crippen LogP contribution >= 0.6 is 11.6 Å². The van der Waals surface area contributed by atoms with Crippen molar-refractivity contribution in [1.29, 1.82) is 0 Å². The first kappa shape index (κ1) is 21.2. The Kier molecular flexibility index (Phi) is 6.20. The lowest BCUT2D eigenvalue weighted by molar-refractivity contribution is -0.276. The van der Waals surface area contributed by atoms with Gasteiger partial charge in [0.05, 0.1) is 6.04 Å². The standard InChI is InChI=1S/C17H14ClF5N4O2/c18-13-10(19)3-2-9(14(13)20)15(27-16(28)11-6-24-7-26-11)8-1-4-12(25-5-8)29-17(21,22)23/h1-5,11,15,24,26H,6-7H2,(H,27,28)/t11-,15?/m0/s1. The van der Waals surface area contributed by atoms with E-state index in [9.17, 15) is 26.7 Å². The number of alkyl halides is 3. The fourth-order valence-electron chi connectivity index (χ4n) is 2.76. The van der Waals surface area contributed by atoms with Crippen LogP contribution in [0.5, 0.6) is 5.88 Å². The first-order valence-electron chi connectivity index (χ1n) is 8.25. The lowest BCUT2D eigenvalue weighted by Gasteiger charge is -2.22. The number of ether oxygens (including phenoxy) is 1. The number of benzene rings is 1. The number of nitrogens with zero attached hydrogens (tertiary/aromatic N) is 1. The minimum absolute atomic E-state index is 0.139. The van der Waals surface area contributed by atoms with Gasteiger partial charge in [-0.2, -0.15) is 0 Å². The van der Waals surface area contributed by atoms with Crippen LogP contribution in [0.25, 0.3) is 0 Å². The fraction of sp³-hybridized carbons (Fsp3) is 0.294. The van der Waals surface area contributed by atoms with E-state index in [2.05, 4.69) is 25.7 Å². The summed E-state index contributed by atoms with van der Waals surface area (Å²) >= 11 is 5.63. The van der Waals surface area contributed by atoms with Gasteiger partial charge in [-0.3, -0.25) is 10.1 Å². The van der Waals surface area contributed by atoms with Crippen LogP contribution in [0.15, 0.2) is 30.5 Å². The lowest BCUT2D eigenvalue weighted by Crippen LogP contribution is -2.44. The van der Waals surface area contributed by atoms with E-state index in [1.165, 1.54) is 6.07 Å². The fourth-order valence-corrected chi connectivity index (χ4v) is 2.93. The molecule has 1 fully saturated rings. The molecule has 1 aromatic heterocycles. The molecule has 0 spiro atoms. The van der Waals surface area contributed by atoms with Gasteiger partial charge in [0.2, 0.25) is 11.8 Å². The second kappa shape index (κ2) is 8.47. The Morgan fingerprint density at radius 2 is 2.03 bits per heavy atom. The number of hydrogen-bond acceptors (Lipinski definition) is 5. The number of pyridine rings is 1. The summed E-state index contributed by atoms with van der Waals surface area (Å²) in [5.41, 5.74) is -0.0394. The quantitative estimate of drug-likeness (QED) is 0.496. The number of carbonyl (C=O) groups is 1. The Morgan fingerprint density at radius 3 is 2.62 bits per heavy atom. The molecule has 0 saturated carbocycles. The minimum atomic E-state index is -4.93. The van der Waals surface area contributed by atoms with E-state index in [4.69, 9.17) is 11.6 Å². The van der Waals surface area contributed by atoms with Gasteiger partial charge in [-0.1, -0.05) is 17.7 Å². The van der Waals surface area contributed by atoms with Crippen molar-refractivity contribution in [3.05, 3.63) is 58.2 Å². The van der Waals surface area contributed by atoms with E-state index in [0.29, 0.717) is 13.2 Å². The SMILES string of the molecule is O=C(NC(c1ccc(OC(F)(F)F)nc1)c1ccc(F)c(Cl)c1F)[C@@H]1CNCN1. The maximum atomic E-state index is 14.6. The molecule has 6 nitrogen and oxygen atoms in total. The van der Waals surface area contributed by atoms with Gasteiger partial charge in [0.25, 0.3) is 0 Å².